The number of imide groups is 2. The van der Waals surface area contributed by atoms with E-state index in [1.165, 1.54) is 6.07 Å². The number of Topliss-reactive ketones (excluding diaryl/α,β-unsaturated/α-hetero) is 1. The number of amides is 4. The number of anilines is 3. The minimum absolute atomic E-state index is 0.0566. The fourth-order valence-corrected chi connectivity index (χ4v) is 9.29. The molecule has 4 aliphatic heterocycles. The summed E-state index contributed by atoms with van der Waals surface area (Å²) in [5.41, 5.74) is 4.50. The molecule has 2 N–H and O–H groups in total. The Bertz CT molecular complexity index is 2550. The van der Waals surface area contributed by atoms with Gasteiger partial charge in [-0.15, -0.1) is 5.10 Å². The molecule has 2 atom stereocenters. The standard InChI is InChI=1S/C47H51FN10O5/c48-32-10-6-9-31(27-32)38-13-8-22-56(38)43-19-18-41-50-29-40(58(41)53-43)37-12-7-14-42(51-37)55-25-23-54(24-26-55)30-34(59)11-4-2-1-3-5-21-49-33-15-16-35-36(28-33)47(63)57(46(35)62)39-17-20-44(60)52-45(39)61/h6-7,9-10,12,14-16,18-19,27-29,38-39,49H,1-5,8,11,13,17,20-26,30H2,(H,52,60,61)/t38-,39?/m1/s1. The number of pyridine rings is 1. The summed E-state index contributed by atoms with van der Waals surface area (Å²) in [5.74, 6) is -0.330. The first kappa shape index (κ1) is 41.8. The number of carbonyl (C=O) groups excluding carboxylic acids is 5. The third kappa shape index (κ3) is 9.03. The highest BCUT2D eigenvalue weighted by Gasteiger charge is 2.44. The number of carbonyl (C=O) groups is 5. The smallest absolute Gasteiger partial charge is 0.262 e. The summed E-state index contributed by atoms with van der Waals surface area (Å²) in [5, 5.41) is 10.6. The van der Waals surface area contributed by atoms with Gasteiger partial charge in [-0.3, -0.25) is 39.1 Å². The molecule has 4 aliphatic rings. The minimum Gasteiger partial charge on any atom is -0.385 e. The first-order valence-corrected chi connectivity index (χ1v) is 22.1. The summed E-state index contributed by atoms with van der Waals surface area (Å²) in [7, 11) is 0. The van der Waals surface area contributed by atoms with E-state index in [2.05, 4.69) is 30.3 Å². The number of nitrogens with one attached hydrogen (secondary N) is 2. The van der Waals surface area contributed by atoms with Crippen molar-refractivity contribution in [2.24, 2.45) is 0 Å². The van der Waals surface area contributed by atoms with E-state index in [1.54, 1.807) is 30.3 Å². The van der Waals surface area contributed by atoms with E-state index in [1.807, 2.05) is 47.1 Å². The Balaban J connectivity index is 0.687. The lowest BCUT2D eigenvalue weighted by molar-refractivity contribution is -0.136. The molecule has 1 unspecified atom stereocenters. The molecule has 7 heterocycles. The highest BCUT2D eigenvalue weighted by Crippen LogP contribution is 2.36. The average molecular weight is 855 g/mol. The number of imidazole rings is 1. The van der Waals surface area contributed by atoms with Crippen LogP contribution in [0.5, 0.6) is 0 Å². The molecule has 4 amide bonds. The van der Waals surface area contributed by atoms with Crippen LogP contribution in [-0.2, 0) is 14.4 Å². The lowest BCUT2D eigenvalue weighted by Crippen LogP contribution is -2.54. The van der Waals surface area contributed by atoms with Crippen LogP contribution < -0.4 is 20.4 Å². The Kier molecular flexibility index (Phi) is 12.2. The van der Waals surface area contributed by atoms with Crippen molar-refractivity contribution in [3.8, 4) is 11.4 Å². The molecule has 0 radical (unpaired) electrons. The molecule has 0 spiro atoms. The van der Waals surface area contributed by atoms with E-state index in [0.29, 0.717) is 19.5 Å². The highest BCUT2D eigenvalue weighted by molar-refractivity contribution is 6.23. The fraction of sp³-hybridized carbons (Fsp3) is 0.404. The zero-order valence-corrected chi connectivity index (χ0v) is 35.2. The van der Waals surface area contributed by atoms with Gasteiger partial charge in [0.1, 0.15) is 35.0 Å². The molecule has 3 aromatic heterocycles. The van der Waals surface area contributed by atoms with Crippen LogP contribution in [0.4, 0.5) is 21.7 Å². The SMILES string of the molecule is O=C(CCCCCCCNc1ccc2c(c1)C(=O)N(C1CCC(=O)NC1=O)C2=O)CN1CCN(c2cccc(-c3cnc4ccc(N5CCC[C@@H]5c5cccc(F)c5)nn34)n2)CC1. The number of fused-ring (bicyclic) bond motifs is 2. The number of aromatic nitrogens is 4. The van der Waals surface area contributed by atoms with Crippen molar-refractivity contribution in [2.75, 3.05) is 60.9 Å². The number of halogens is 1. The molecule has 16 heteroatoms. The molecule has 326 valence electrons. The first-order chi connectivity index (χ1) is 30.7. The number of unbranched alkanes of at least 4 members (excludes halogenated alkanes) is 4. The highest BCUT2D eigenvalue weighted by atomic mass is 19.1. The van der Waals surface area contributed by atoms with Crippen molar-refractivity contribution in [1.29, 1.82) is 0 Å². The average Bonchev–Trinajstić information content (AvgIpc) is 4.01. The zero-order valence-electron chi connectivity index (χ0n) is 35.2. The summed E-state index contributed by atoms with van der Waals surface area (Å²) in [6, 6.07) is 20.9. The first-order valence-electron chi connectivity index (χ1n) is 22.1. The van der Waals surface area contributed by atoms with E-state index in [9.17, 15) is 28.4 Å². The molecule has 2 aromatic carbocycles. The monoisotopic (exact) mass is 854 g/mol. The predicted molar refractivity (Wildman–Crippen MR) is 235 cm³/mol. The van der Waals surface area contributed by atoms with Crippen molar-refractivity contribution in [3.63, 3.8) is 0 Å². The molecule has 0 aliphatic carbocycles. The van der Waals surface area contributed by atoms with Crippen LogP contribution in [0, 0.1) is 5.82 Å². The Morgan fingerprint density at radius 1 is 0.794 bits per heavy atom. The zero-order chi connectivity index (χ0) is 43.5. The number of hydrogen-bond donors (Lipinski definition) is 2. The Morgan fingerprint density at radius 2 is 1.60 bits per heavy atom. The van der Waals surface area contributed by atoms with E-state index >= 15 is 0 Å². The van der Waals surface area contributed by atoms with E-state index in [4.69, 9.17) is 10.1 Å². The van der Waals surface area contributed by atoms with Crippen molar-refractivity contribution < 1.29 is 28.4 Å². The maximum absolute atomic E-state index is 14.1. The maximum Gasteiger partial charge on any atom is 0.262 e. The van der Waals surface area contributed by atoms with Crippen molar-refractivity contribution >= 4 is 52.4 Å². The molecule has 0 saturated carbocycles. The molecule has 3 fully saturated rings. The Labute approximate surface area is 364 Å². The molecular formula is C47H51FN10O5. The molecule has 0 bridgehead atoms. The summed E-state index contributed by atoms with van der Waals surface area (Å²) < 4.78 is 15.9. The molecular weight excluding hydrogens is 804 g/mol. The molecule has 15 nitrogen and oxygen atoms in total. The largest absolute Gasteiger partial charge is 0.385 e. The van der Waals surface area contributed by atoms with Gasteiger partial charge in [0.05, 0.1) is 35.6 Å². The van der Waals surface area contributed by atoms with Crippen LogP contribution in [0.25, 0.3) is 17.0 Å². The quantitative estimate of drug-likeness (QED) is 0.0905. The number of nitrogens with zero attached hydrogens (tertiary/aromatic N) is 8. The maximum atomic E-state index is 14.1. The summed E-state index contributed by atoms with van der Waals surface area (Å²) in [4.78, 5) is 80.2. The number of piperazine rings is 1. The van der Waals surface area contributed by atoms with Crippen LogP contribution in [0.3, 0.4) is 0 Å². The van der Waals surface area contributed by atoms with Gasteiger partial charge in [-0.1, -0.05) is 37.5 Å². The van der Waals surface area contributed by atoms with Gasteiger partial charge in [0, 0.05) is 57.8 Å². The third-order valence-corrected chi connectivity index (χ3v) is 12.6. The van der Waals surface area contributed by atoms with Crippen LogP contribution >= 0.6 is 0 Å². The van der Waals surface area contributed by atoms with Gasteiger partial charge in [-0.2, -0.15) is 0 Å². The van der Waals surface area contributed by atoms with Gasteiger partial charge >= 0.3 is 0 Å². The van der Waals surface area contributed by atoms with E-state index < -0.39 is 29.7 Å². The number of benzene rings is 2. The predicted octanol–water partition coefficient (Wildman–Crippen LogP) is 5.82. The second-order valence-corrected chi connectivity index (χ2v) is 16.8. The lowest BCUT2D eigenvalue weighted by atomic mass is 10.0. The van der Waals surface area contributed by atoms with Gasteiger partial charge < -0.3 is 15.1 Å². The van der Waals surface area contributed by atoms with Crippen LogP contribution in [0.1, 0.15) is 96.5 Å². The van der Waals surface area contributed by atoms with E-state index in [0.717, 1.165) is 122 Å². The summed E-state index contributed by atoms with van der Waals surface area (Å²) >= 11 is 0. The number of ketones is 1. The van der Waals surface area contributed by atoms with Gasteiger partial charge in [0.15, 0.2) is 5.65 Å². The second-order valence-electron chi connectivity index (χ2n) is 16.8. The number of piperidine rings is 1. The molecule has 63 heavy (non-hydrogen) atoms. The lowest BCUT2D eigenvalue weighted by Gasteiger charge is -2.35. The fourth-order valence-electron chi connectivity index (χ4n) is 9.29. The third-order valence-electron chi connectivity index (χ3n) is 12.6. The number of hydrogen-bond acceptors (Lipinski definition) is 12. The van der Waals surface area contributed by atoms with Crippen LogP contribution in [0.15, 0.2) is 79.0 Å². The van der Waals surface area contributed by atoms with Crippen LogP contribution in [0.2, 0.25) is 0 Å². The molecule has 5 aromatic rings. The van der Waals surface area contributed by atoms with Gasteiger partial charge in [-0.25, -0.2) is 18.9 Å². The topological polar surface area (TPSA) is 165 Å². The van der Waals surface area contributed by atoms with Gasteiger partial charge in [-0.05, 0) is 92.3 Å². The van der Waals surface area contributed by atoms with Gasteiger partial charge in [0.2, 0.25) is 11.8 Å². The van der Waals surface area contributed by atoms with E-state index in [-0.39, 0.29) is 41.6 Å². The van der Waals surface area contributed by atoms with Crippen molar-refractivity contribution in [1.82, 2.24) is 34.7 Å². The molecule has 9 rings (SSSR count). The minimum atomic E-state index is -0.983. The Hall–Kier alpha value is -6.55. The van der Waals surface area contributed by atoms with Crippen LogP contribution in [-0.4, -0.2) is 111 Å². The molecule has 3 saturated heterocycles. The summed E-state index contributed by atoms with van der Waals surface area (Å²) in [6.45, 7) is 5.08. The summed E-state index contributed by atoms with van der Waals surface area (Å²) in [6.07, 6.45) is 9.28. The second kappa shape index (κ2) is 18.4. The van der Waals surface area contributed by atoms with Crippen molar-refractivity contribution in [2.45, 2.75) is 76.3 Å². The van der Waals surface area contributed by atoms with Crippen molar-refractivity contribution in [3.05, 3.63) is 102 Å². The Morgan fingerprint density at radius 3 is 2.44 bits per heavy atom. The van der Waals surface area contributed by atoms with Gasteiger partial charge in [0.25, 0.3) is 11.8 Å². The normalized spacial score (nSPS) is 19.3. The number of rotatable bonds is 16.